The predicted molar refractivity (Wildman–Crippen MR) is 77.6 cm³/mol. The van der Waals surface area contributed by atoms with Crippen LogP contribution < -0.4 is 5.73 Å². The summed E-state index contributed by atoms with van der Waals surface area (Å²) in [6.07, 6.45) is 1.10. The zero-order valence-electron chi connectivity index (χ0n) is 12.4. The molecule has 1 aromatic rings. The standard InChI is InChI=1S/C16H27NO/c1-12(2)9-13-7-6-8-14(10-13)15(17)11-18-16(3,4)5/h6-8,10,12,15H,9,11,17H2,1-5H3. The van der Waals surface area contributed by atoms with Crippen molar-refractivity contribution < 1.29 is 4.74 Å². The minimum Gasteiger partial charge on any atom is -0.374 e. The van der Waals surface area contributed by atoms with Crippen LogP contribution in [0.15, 0.2) is 24.3 Å². The van der Waals surface area contributed by atoms with E-state index in [1.54, 1.807) is 0 Å². The molecule has 2 nitrogen and oxygen atoms in total. The molecule has 102 valence electrons. The summed E-state index contributed by atoms with van der Waals surface area (Å²) in [5.74, 6) is 0.669. The molecule has 0 radical (unpaired) electrons. The Morgan fingerprint density at radius 2 is 1.89 bits per heavy atom. The molecule has 0 fully saturated rings. The van der Waals surface area contributed by atoms with Gasteiger partial charge in [-0.2, -0.15) is 0 Å². The minimum atomic E-state index is -0.132. The smallest absolute Gasteiger partial charge is 0.0666 e. The van der Waals surface area contributed by atoms with E-state index in [-0.39, 0.29) is 11.6 Å². The summed E-state index contributed by atoms with van der Waals surface area (Å²) in [6.45, 7) is 11.2. The van der Waals surface area contributed by atoms with Gasteiger partial charge in [0.25, 0.3) is 0 Å². The first-order valence-corrected chi connectivity index (χ1v) is 6.76. The summed E-state index contributed by atoms with van der Waals surface area (Å²) >= 11 is 0. The van der Waals surface area contributed by atoms with Gasteiger partial charge in [0.15, 0.2) is 0 Å². The molecule has 1 aromatic carbocycles. The van der Waals surface area contributed by atoms with Crippen LogP contribution in [-0.2, 0) is 11.2 Å². The highest BCUT2D eigenvalue weighted by atomic mass is 16.5. The van der Waals surface area contributed by atoms with Gasteiger partial charge < -0.3 is 10.5 Å². The van der Waals surface area contributed by atoms with Crippen LogP contribution in [0, 0.1) is 5.92 Å². The molecule has 0 aliphatic carbocycles. The Balaban J connectivity index is 2.65. The third-order valence-electron chi connectivity index (χ3n) is 2.72. The van der Waals surface area contributed by atoms with Crippen molar-refractivity contribution in [3.8, 4) is 0 Å². The quantitative estimate of drug-likeness (QED) is 0.863. The van der Waals surface area contributed by atoms with Crippen molar-refractivity contribution in [3.05, 3.63) is 35.4 Å². The lowest BCUT2D eigenvalue weighted by Gasteiger charge is -2.23. The van der Waals surface area contributed by atoms with Crippen molar-refractivity contribution in [2.24, 2.45) is 11.7 Å². The zero-order valence-corrected chi connectivity index (χ0v) is 12.4. The maximum atomic E-state index is 6.18. The van der Waals surface area contributed by atoms with E-state index in [9.17, 15) is 0 Å². The van der Waals surface area contributed by atoms with Crippen molar-refractivity contribution >= 4 is 0 Å². The fourth-order valence-electron chi connectivity index (χ4n) is 1.86. The van der Waals surface area contributed by atoms with E-state index in [1.165, 1.54) is 5.56 Å². The second-order valence-corrected chi connectivity index (χ2v) is 6.37. The average molecular weight is 249 g/mol. The molecular formula is C16H27NO. The molecule has 0 spiro atoms. The number of ether oxygens (including phenoxy) is 1. The molecule has 0 amide bonds. The number of hydrogen-bond acceptors (Lipinski definition) is 2. The topological polar surface area (TPSA) is 35.2 Å². The molecule has 0 aromatic heterocycles. The Kier molecular flexibility index (Phi) is 5.36. The molecule has 1 unspecified atom stereocenters. The lowest BCUT2D eigenvalue weighted by atomic mass is 9.98. The van der Waals surface area contributed by atoms with Crippen molar-refractivity contribution in [2.75, 3.05) is 6.61 Å². The highest BCUT2D eigenvalue weighted by Gasteiger charge is 2.14. The van der Waals surface area contributed by atoms with E-state index in [1.807, 2.05) is 0 Å². The monoisotopic (exact) mass is 249 g/mol. The first-order valence-electron chi connectivity index (χ1n) is 6.76. The van der Waals surface area contributed by atoms with Gasteiger partial charge in [-0.25, -0.2) is 0 Å². The van der Waals surface area contributed by atoms with E-state index in [0.717, 1.165) is 12.0 Å². The summed E-state index contributed by atoms with van der Waals surface area (Å²) in [4.78, 5) is 0. The second kappa shape index (κ2) is 6.35. The van der Waals surface area contributed by atoms with Gasteiger partial charge in [0.1, 0.15) is 0 Å². The predicted octanol–water partition coefficient (Wildman–Crippen LogP) is 3.70. The van der Waals surface area contributed by atoms with E-state index in [2.05, 4.69) is 58.9 Å². The van der Waals surface area contributed by atoms with E-state index < -0.39 is 0 Å². The molecule has 0 bridgehead atoms. The third kappa shape index (κ3) is 5.65. The summed E-state index contributed by atoms with van der Waals surface area (Å²) in [6, 6.07) is 8.50. The van der Waals surface area contributed by atoms with Crippen LogP contribution in [0.3, 0.4) is 0 Å². The van der Waals surface area contributed by atoms with Crippen LogP contribution in [0.1, 0.15) is 51.8 Å². The molecule has 2 N–H and O–H groups in total. The van der Waals surface area contributed by atoms with Crippen LogP contribution in [0.2, 0.25) is 0 Å². The van der Waals surface area contributed by atoms with Gasteiger partial charge in [-0.3, -0.25) is 0 Å². The molecule has 0 saturated heterocycles. The van der Waals surface area contributed by atoms with Gasteiger partial charge in [0.2, 0.25) is 0 Å². The van der Waals surface area contributed by atoms with Crippen molar-refractivity contribution in [2.45, 2.75) is 52.7 Å². The first-order chi connectivity index (χ1) is 8.28. The van der Waals surface area contributed by atoms with Crippen molar-refractivity contribution in [1.82, 2.24) is 0 Å². The maximum Gasteiger partial charge on any atom is 0.0666 e. The Hall–Kier alpha value is -0.860. The van der Waals surface area contributed by atoms with E-state index in [0.29, 0.717) is 12.5 Å². The molecule has 1 rings (SSSR count). The van der Waals surface area contributed by atoms with Crippen LogP contribution in [-0.4, -0.2) is 12.2 Å². The van der Waals surface area contributed by atoms with Gasteiger partial charge in [-0.15, -0.1) is 0 Å². The minimum absolute atomic E-state index is 0.0451. The molecule has 2 heteroatoms. The van der Waals surface area contributed by atoms with Gasteiger partial charge in [-0.1, -0.05) is 38.1 Å². The first kappa shape index (κ1) is 15.2. The molecule has 18 heavy (non-hydrogen) atoms. The Morgan fingerprint density at radius 3 is 2.44 bits per heavy atom. The number of nitrogens with two attached hydrogens (primary N) is 1. The lowest BCUT2D eigenvalue weighted by Crippen LogP contribution is -2.26. The molecule has 0 heterocycles. The largest absolute Gasteiger partial charge is 0.374 e. The number of benzene rings is 1. The fraction of sp³-hybridized carbons (Fsp3) is 0.625. The molecular weight excluding hydrogens is 222 g/mol. The summed E-state index contributed by atoms with van der Waals surface area (Å²) < 4.78 is 5.74. The highest BCUT2D eigenvalue weighted by Crippen LogP contribution is 2.17. The maximum absolute atomic E-state index is 6.18. The summed E-state index contributed by atoms with van der Waals surface area (Å²) in [7, 11) is 0. The van der Waals surface area contributed by atoms with Crippen LogP contribution >= 0.6 is 0 Å². The zero-order chi connectivity index (χ0) is 13.8. The van der Waals surface area contributed by atoms with Crippen molar-refractivity contribution in [3.63, 3.8) is 0 Å². The normalized spacial score (nSPS) is 13.9. The molecule has 1 atom stereocenters. The molecule has 0 aliphatic heterocycles. The molecule has 0 saturated carbocycles. The van der Waals surface area contributed by atoms with Crippen molar-refractivity contribution in [1.29, 1.82) is 0 Å². The average Bonchev–Trinajstić information content (AvgIpc) is 2.24. The Bertz CT molecular complexity index is 366. The van der Waals surface area contributed by atoms with Crippen LogP contribution in [0.4, 0.5) is 0 Å². The van der Waals surface area contributed by atoms with Gasteiger partial charge in [0, 0.05) is 0 Å². The van der Waals surface area contributed by atoms with Gasteiger partial charge in [0.05, 0.1) is 18.2 Å². The SMILES string of the molecule is CC(C)Cc1cccc(C(N)COC(C)(C)C)c1. The Labute approximate surface area is 112 Å². The Morgan fingerprint density at radius 1 is 1.22 bits per heavy atom. The van der Waals surface area contributed by atoms with E-state index in [4.69, 9.17) is 10.5 Å². The van der Waals surface area contributed by atoms with E-state index >= 15 is 0 Å². The van der Waals surface area contributed by atoms with Crippen LogP contribution in [0.25, 0.3) is 0 Å². The highest BCUT2D eigenvalue weighted by molar-refractivity contribution is 5.26. The summed E-state index contributed by atoms with van der Waals surface area (Å²) in [5.41, 5.74) is 8.56. The molecule has 0 aliphatic rings. The fourth-order valence-corrected chi connectivity index (χ4v) is 1.86. The van der Waals surface area contributed by atoms with Gasteiger partial charge in [-0.05, 0) is 44.2 Å². The second-order valence-electron chi connectivity index (χ2n) is 6.37. The van der Waals surface area contributed by atoms with Gasteiger partial charge >= 0.3 is 0 Å². The lowest BCUT2D eigenvalue weighted by molar-refractivity contribution is -0.0102. The number of rotatable bonds is 5. The van der Waals surface area contributed by atoms with Crippen LogP contribution in [0.5, 0.6) is 0 Å². The summed E-state index contributed by atoms with van der Waals surface area (Å²) in [5, 5.41) is 0. The number of hydrogen-bond donors (Lipinski definition) is 1. The third-order valence-corrected chi connectivity index (χ3v) is 2.72.